The summed E-state index contributed by atoms with van der Waals surface area (Å²) in [5, 5.41) is 0. The number of hydrogen-bond donors (Lipinski definition) is 0. The molecule has 3 aromatic rings. The average Bonchev–Trinajstić information content (AvgIpc) is 2.72. The van der Waals surface area contributed by atoms with Crippen LogP contribution in [-0.2, 0) is 9.53 Å². The van der Waals surface area contributed by atoms with E-state index in [-0.39, 0.29) is 18.1 Å². The van der Waals surface area contributed by atoms with Crippen LogP contribution in [0.3, 0.4) is 0 Å². The van der Waals surface area contributed by atoms with E-state index in [1.54, 1.807) is 12.1 Å². The van der Waals surface area contributed by atoms with Crippen LogP contribution < -0.4 is 0 Å². The van der Waals surface area contributed by atoms with Gasteiger partial charge in [-0.25, -0.2) is 0 Å². The second-order valence-electron chi connectivity index (χ2n) is 6.23. The van der Waals surface area contributed by atoms with E-state index in [1.807, 2.05) is 67.6 Å². The summed E-state index contributed by atoms with van der Waals surface area (Å²) in [5.41, 5.74) is 3.74. The molecular formula is C23H19BrO3S. The summed E-state index contributed by atoms with van der Waals surface area (Å²) < 4.78 is 6.14. The molecule has 0 saturated carbocycles. The molecule has 0 saturated heterocycles. The van der Waals surface area contributed by atoms with E-state index >= 15 is 0 Å². The Balaban J connectivity index is 1.50. The molecule has 0 fully saturated rings. The van der Waals surface area contributed by atoms with Gasteiger partial charge in [0, 0.05) is 14.9 Å². The number of halogens is 1. The van der Waals surface area contributed by atoms with E-state index in [4.69, 9.17) is 4.74 Å². The van der Waals surface area contributed by atoms with Crippen LogP contribution in [0.4, 0.5) is 0 Å². The minimum absolute atomic E-state index is 0.169. The van der Waals surface area contributed by atoms with Crippen molar-refractivity contribution in [2.24, 2.45) is 0 Å². The number of aryl methyl sites for hydroxylation is 1. The van der Waals surface area contributed by atoms with Crippen molar-refractivity contribution in [1.29, 1.82) is 0 Å². The van der Waals surface area contributed by atoms with Crippen molar-refractivity contribution < 1.29 is 14.3 Å². The van der Waals surface area contributed by atoms with Crippen molar-refractivity contribution in [3.05, 3.63) is 88.4 Å². The molecule has 0 spiro atoms. The molecule has 0 amide bonds. The van der Waals surface area contributed by atoms with Crippen LogP contribution in [0.5, 0.6) is 0 Å². The predicted molar refractivity (Wildman–Crippen MR) is 117 cm³/mol. The Labute approximate surface area is 177 Å². The van der Waals surface area contributed by atoms with Crippen molar-refractivity contribution in [3.63, 3.8) is 0 Å². The lowest BCUT2D eigenvalue weighted by Crippen LogP contribution is -2.15. The van der Waals surface area contributed by atoms with Gasteiger partial charge in [0.25, 0.3) is 0 Å². The lowest BCUT2D eigenvalue weighted by atomic mass is 10.0. The minimum Gasteiger partial charge on any atom is -0.457 e. The van der Waals surface area contributed by atoms with Gasteiger partial charge >= 0.3 is 5.97 Å². The van der Waals surface area contributed by atoms with Gasteiger partial charge in [-0.3, -0.25) is 9.59 Å². The standard InChI is InChI=1S/C23H19BrO3S/c1-16-13-20(24)11-12-22(16)28-15-23(26)27-14-21(25)19-9-7-18(8-10-19)17-5-3-2-4-6-17/h2-13H,14-15H2,1H3. The molecule has 0 N–H and O–H groups in total. The van der Waals surface area contributed by atoms with Crippen LogP contribution in [0.2, 0.25) is 0 Å². The largest absolute Gasteiger partial charge is 0.457 e. The topological polar surface area (TPSA) is 43.4 Å². The second kappa shape index (κ2) is 9.71. The number of rotatable bonds is 7. The Bertz CT molecular complexity index is 969. The first-order valence-corrected chi connectivity index (χ1v) is 10.5. The number of benzene rings is 3. The Hall–Kier alpha value is -2.37. The maximum Gasteiger partial charge on any atom is 0.316 e. The number of thioether (sulfide) groups is 1. The first-order valence-electron chi connectivity index (χ1n) is 8.76. The highest BCUT2D eigenvalue weighted by Crippen LogP contribution is 2.25. The smallest absolute Gasteiger partial charge is 0.316 e. The molecule has 0 aliphatic heterocycles. The summed E-state index contributed by atoms with van der Waals surface area (Å²) in [6.45, 7) is 1.74. The van der Waals surface area contributed by atoms with E-state index in [0.29, 0.717) is 5.56 Å². The van der Waals surface area contributed by atoms with Gasteiger partial charge in [-0.1, -0.05) is 70.5 Å². The lowest BCUT2D eigenvalue weighted by molar-refractivity contribution is -0.139. The molecule has 0 bridgehead atoms. The number of ketones is 1. The zero-order valence-electron chi connectivity index (χ0n) is 15.4. The Morgan fingerprint density at radius 3 is 2.29 bits per heavy atom. The van der Waals surface area contributed by atoms with Crippen LogP contribution in [0, 0.1) is 6.92 Å². The molecule has 0 atom stereocenters. The predicted octanol–water partition coefficient (Wildman–Crippen LogP) is 5.94. The third-order valence-electron chi connectivity index (χ3n) is 4.16. The molecule has 0 heterocycles. The van der Waals surface area contributed by atoms with Gasteiger partial charge < -0.3 is 4.74 Å². The molecule has 0 aliphatic carbocycles. The molecule has 3 nitrogen and oxygen atoms in total. The maximum atomic E-state index is 12.3. The number of hydrogen-bond acceptors (Lipinski definition) is 4. The van der Waals surface area contributed by atoms with E-state index in [2.05, 4.69) is 15.9 Å². The first-order chi connectivity index (χ1) is 13.5. The van der Waals surface area contributed by atoms with Gasteiger partial charge in [-0.05, 0) is 41.8 Å². The van der Waals surface area contributed by atoms with Crippen LogP contribution >= 0.6 is 27.7 Å². The second-order valence-corrected chi connectivity index (χ2v) is 8.16. The number of Topliss-reactive ketones (excluding diaryl/α,β-unsaturated/α-hetero) is 1. The van der Waals surface area contributed by atoms with Crippen LogP contribution in [0.25, 0.3) is 11.1 Å². The number of ether oxygens (including phenoxy) is 1. The van der Waals surface area contributed by atoms with Crippen molar-refractivity contribution in [1.82, 2.24) is 0 Å². The summed E-state index contributed by atoms with van der Waals surface area (Å²) >= 11 is 4.82. The maximum absolute atomic E-state index is 12.3. The van der Waals surface area contributed by atoms with Crippen LogP contribution in [-0.4, -0.2) is 24.1 Å². The zero-order chi connectivity index (χ0) is 19.9. The summed E-state index contributed by atoms with van der Waals surface area (Å²) in [5.74, 6) is -0.442. The molecule has 0 aliphatic rings. The number of esters is 1. The molecule has 28 heavy (non-hydrogen) atoms. The highest BCUT2D eigenvalue weighted by atomic mass is 79.9. The zero-order valence-corrected chi connectivity index (χ0v) is 17.8. The molecule has 5 heteroatoms. The van der Waals surface area contributed by atoms with Crippen molar-refractivity contribution >= 4 is 39.4 Å². The highest BCUT2D eigenvalue weighted by molar-refractivity contribution is 9.10. The van der Waals surface area contributed by atoms with Crippen LogP contribution in [0.15, 0.2) is 82.2 Å². The van der Waals surface area contributed by atoms with E-state index in [9.17, 15) is 9.59 Å². The Morgan fingerprint density at radius 1 is 0.929 bits per heavy atom. The van der Waals surface area contributed by atoms with Gasteiger partial charge in [0.2, 0.25) is 0 Å². The summed E-state index contributed by atoms with van der Waals surface area (Å²) in [6.07, 6.45) is 0. The normalized spacial score (nSPS) is 10.5. The molecule has 3 rings (SSSR count). The minimum atomic E-state index is -0.401. The highest BCUT2D eigenvalue weighted by Gasteiger charge is 2.11. The van der Waals surface area contributed by atoms with Gasteiger partial charge in [0.1, 0.15) is 0 Å². The fraction of sp³-hybridized carbons (Fsp3) is 0.130. The fourth-order valence-corrected chi connectivity index (χ4v) is 3.94. The SMILES string of the molecule is Cc1cc(Br)ccc1SCC(=O)OCC(=O)c1ccc(-c2ccccc2)cc1. The first kappa shape index (κ1) is 20.4. The van der Waals surface area contributed by atoms with Gasteiger partial charge in [-0.2, -0.15) is 0 Å². The monoisotopic (exact) mass is 454 g/mol. The Kier molecular flexibility index (Phi) is 7.06. The van der Waals surface area contributed by atoms with Gasteiger partial charge in [0.15, 0.2) is 12.4 Å². The van der Waals surface area contributed by atoms with Crippen molar-refractivity contribution in [2.45, 2.75) is 11.8 Å². The van der Waals surface area contributed by atoms with E-state index in [0.717, 1.165) is 26.1 Å². The number of carbonyl (C=O) groups excluding carboxylic acids is 2. The molecule has 142 valence electrons. The van der Waals surface area contributed by atoms with Gasteiger partial charge in [-0.15, -0.1) is 11.8 Å². The van der Waals surface area contributed by atoms with Crippen LogP contribution in [0.1, 0.15) is 15.9 Å². The lowest BCUT2D eigenvalue weighted by Gasteiger charge is -2.07. The van der Waals surface area contributed by atoms with E-state index < -0.39 is 5.97 Å². The van der Waals surface area contributed by atoms with Crippen molar-refractivity contribution in [2.75, 3.05) is 12.4 Å². The van der Waals surface area contributed by atoms with E-state index in [1.165, 1.54) is 11.8 Å². The van der Waals surface area contributed by atoms with Crippen molar-refractivity contribution in [3.8, 4) is 11.1 Å². The molecular weight excluding hydrogens is 436 g/mol. The fourth-order valence-electron chi connectivity index (χ4n) is 2.66. The molecule has 0 unspecified atom stereocenters. The van der Waals surface area contributed by atoms with Gasteiger partial charge in [0.05, 0.1) is 5.75 Å². The summed E-state index contributed by atoms with van der Waals surface area (Å²) in [7, 11) is 0. The molecule has 3 aromatic carbocycles. The third-order valence-corrected chi connectivity index (χ3v) is 5.80. The quantitative estimate of drug-likeness (QED) is 0.251. The number of carbonyl (C=O) groups is 2. The average molecular weight is 455 g/mol. The molecule has 0 radical (unpaired) electrons. The molecule has 0 aromatic heterocycles. The summed E-state index contributed by atoms with van der Waals surface area (Å²) in [6, 6.07) is 23.2. The Morgan fingerprint density at radius 2 is 1.61 bits per heavy atom. The third kappa shape index (κ3) is 5.57. The summed E-state index contributed by atoms with van der Waals surface area (Å²) in [4.78, 5) is 25.3.